The summed E-state index contributed by atoms with van der Waals surface area (Å²) >= 11 is 0. The van der Waals surface area contributed by atoms with Gasteiger partial charge in [0, 0.05) is 0 Å². The van der Waals surface area contributed by atoms with Crippen LogP contribution in [-0.4, -0.2) is 0 Å². The van der Waals surface area contributed by atoms with E-state index in [0.29, 0.717) is 0 Å². The Hall–Kier alpha value is -9.36. The van der Waals surface area contributed by atoms with E-state index >= 15 is 0 Å². The van der Waals surface area contributed by atoms with Gasteiger partial charge in [0.25, 0.3) is 0 Å². The molecule has 12 rings (SSSR count). The maximum Gasteiger partial charge on any atom is -0.0129 e. The highest BCUT2D eigenvalue weighted by Crippen LogP contribution is 2.40. The van der Waals surface area contributed by atoms with Crippen molar-refractivity contribution in [3.63, 3.8) is 0 Å². The van der Waals surface area contributed by atoms with Gasteiger partial charge in [0.05, 0.1) is 0 Å². The molecular weight excluding hydrogens is 1500 g/mol. The molecule has 0 fully saturated rings. The Labute approximate surface area is 768 Å². The van der Waals surface area contributed by atoms with Gasteiger partial charge < -0.3 is 0 Å². The van der Waals surface area contributed by atoms with Crippen LogP contribution in [0.1, 0.15) is 340 Å². The van der Waals surface area contributed by atoms with Crippen LogP contribution in [0, 0.1) is 62.3 Å². The first-order chi connectivity index (χ1) is 57.2. The Morgan fingerprint density at radius 2 is 0.416 bits per heavy atom. The van der Waals surface area contributed by atoms with Crippen LogP contribution in [0.25, 0.3) is 33.4 Å². The summed E-state index contributed by atoms with van der Waals surface area (Å²) in [5, 5.41) is 0. The fraction of sp³-hybridized carbons (Fsp3) is 0.424. The van der Waals surface area contributed by atoms with E-state index in [1.807, 2.05) is 18.2 Å². The molecule has 0 N–H and O–H groups in total. The largest absolute Gasteiger partial charge is 0.0622 e. The van der Waals surface area contributed by atoms with Gasteiger partial charge in [-0.05, 0) is 239 Å². The minimum absolute atomic E-state index is 0.200. The zero-order valence-electron chi connectivity index (χ0n) is 87.1. The Balaban J connectivity index is 0.000000296. The lowest BCUT2D eigenvalue weighted by atomic mass is 9.73. The van der Waals surface area contributed by atoms with Crippen molar-refractivity contribution in [2.45, 2.75) is 350 Å². The molecule has 0 unspecified atom stereocenters. The molecule has 0 aliphatic heterocycles. The van der Waals surface area contributed by atoms with Crippen LogP contribution >= 0.6 is 0 Å². The van der Waals surface area contributed by atoms with Crippen LogP contribution in [0.2, 0.25) is 0 Å². The van der Waals surface area contributed by atoms with Crippen molar-refractivity contribution in [3.8, 4) is 33.4 Å². The Morgan fingerprint density at radius 1 is 0.136 bits per heavy atom. The molecule has 0 aliphatic carbocycles. The van der Waals surface area contributed by atoms with Crippen molar-refractivity contribution in [2.24, 2.45) is 0 Å². The lowest BCUT2D eigenvalue weighted by Crippen LogP contribution is -2.23. The van der Waals surface area contributed by atoms with Gasteiger partial charge in [0.2, 0.25) is 0 Å². The van der Waals surface area contributed by atoms with E-state index in [0.717, 1.165) is 0 Å². The van der Waals surface area contributed by atoms with E-state index in [9.17, 15) is 0 Å². The molecule has 0 saturated heterocycles. The first-order valence-corrected chi connectivity index (χ1v) is 46.2. The first-order valence-electron chi connectivity index (χ1n) is 46.2. The summed E-state index contributed by atoms with van der Waals surface area (Å²) in [6.45, 7) is 94.7. The second-order valence-electron chi connectivity index (χ2n) is 46.4. The van der Waals surface area contributed by atoms with Crippen molar-refractivity contribution in [3.05, 3.63) is 390 Å². The van der Waals surface area contributed by atoms with Crippen molar-refractivity contribution in [2.75, 3.05) is 0 Å². The van der Waals surface area contributed by atoms with Crippen LogP contribution < -0.4 is 0 Å². The Kier molecular flexibility index (Phi) is 39.2. The highest BCUT2D eigenvalue weighted by molar-refractivity contribution is 5.67. The summed E-state index contributed by atoms with van der Waals surface area (Å²) in [7, 11) is 0. The van der Waals surface area contributed by atoms with Crippen LogP contribution in [0.5, 0.6) is 0 Å². The number of rotatable bonds is 3. The molecule has 0 saturated carbocycles. The predicted molar refractivity (Wildman–Crippen MR) is 563 cm³/mol. The monoisotopic (exact) mass is 1670 g/mol. The summed E-state index contributed by atoms with van der Waals surface area (Å²) < 4.78 is 0. The molecular formula is C125H172. The number of hydrogen-bond acceptors (Lipinski definition) is 0. The number of hydrogen-bond donors (Lipinski definition) is 0. The van der Waals surface area contributed by atoms with E-state index < -0.39 is 0 Å². The molecule has 672 valence electrons. The van der Waals surface area contributed by atoms with E-state index in [1.165, 1.54) is 145 Å². The summed E-state index contributed by atoms with van der Waals surface area (Å²) in [6, 6.07) is 99.7. The third-order valence-electron chi connectivity index (χ3n) is 22.9. The van der Waals surface area contributed by atoms with Gasteiger partial charge in [-0.2, -0.15) is 0 Å². The van der Waals surface area contributed by atoms with E-state index in [2.05, 4.69) is 552 Å². The summed E-state index contributed by atoms with van der Waals surface area (Å²) in [5.41, 5.74) is 38.6. The van der Waals surface area contributed by atoms with Crippen molar-refractivity contribution < 1.29 is 0 Å². The topological polar surface area (TPSA) is 0 Å². The smallest absolute Gasteiger partial charge is 0.0129 e. The fourth-order valence-corrected chi connectivity index (χ4v) is 15.0. The van der Waals surface area contributed by atoms with Gasteiger partial charge in [-0.15, -0.1) is 0 Å². The van der Waals surface area contributed by atoms with Crippen LogP contribution in [0.4, 0.5) is 0 Å². The van der Waals surface area contributed by atoms with E-state index in [4.69, 9.17) is 0 Å². The van der Waals surface area contributed by atoms with Crippen molar-refractivity contribution in [1.29, 1.82) is 0 Å². The lowest BCUT2D eigenvalue weighted by Gasteiger charge is -2.32. The molecule has 12 aromatic rings. The first kappa shape index (κ1) is 108. The molecule has 12 aromatic carbocycles. The van der Waals surface area contributed by atoms with E-state index in [-0.39, 0.29) is 59.6 Å². The molecule has 0 heterocycles. The number of benzene rings is 12. The quantitative estimate of drug-likeness (QED) is 0.165. The summed E-state index contributed by atoms with van der Waals surface area (Å²) in [4.78, 5) is 0. The zero-order valence-corrected chi connectivity index (χ0v) is 87.1. The van der Waals surface area contributed by atoms with E-state index in [1.54, 1.807) is 0 Å². The number of aryl methyl sites for hydroxylation is 7. The molecule has 125 heavy (non-hydrogen) atoms. The average Bonchev–Trinajstić information content (AvgIpc) is 0.767. The molecule has 0 bridgehead atoms. The van der Waals surface area contributed by atoms with Gasteiger partial charge in [0.15, 0.2) is 0 Å². The van der Waals surface area contributed by atoms with Gasteiger partial charge in [-0.25, -0.2) is 0 Å². The molecule has 0 heteroatoms. The Morgan fingerprint density at radius 3 is 0.776 bits per heavy atom. The van der Waals surface area contributed by atoms with Gasteiger partial charge in [0.1, 0.15) is 0 Å². The van der Waals surface area contributed by atoms with Crippen LogP contribution in [0.3, 0.4) is 0 Å². The maximum absolute atomic E-state index is 2.42. The van der Waals surface area contributed by atoms with Gasteiger partial charge in [-0.1, -0.05) is 535 Å². The van der Waals surface area contributed by atoms with Crippen molar-refractivity contribution in [1.82, 2.24) is 0 Å². The molecule has 0 aliphatic rings. The average molecular weight is 1670 g/mol. The zero-order chi connectivity index (χ0) is 95.0. The van der Waals surface area contributed by atoms with Crippen LogP contribution in [-0.2, 0) is 59.6 Å². The van der Waals surface area contributed by atoms with Crippen molar-refractivity contribution >= 4 is 0 Å². The standard InChI is InChI=1S/C19H32.3C15H24.3C13H12.2C11H16/c1-13-15(18(5,6)7)11-14(17(2,3)4)12-16(13)19(8,9)10;1-11-8-12(14(2,3)4)10-13(9-11)15(5,6)7;1-11-8-9-12(14(2,3)4)10-13(11)15(5,6)7;1-11-12(14(2,3)4)9-8-10-13(11)15(5,6)7;1-11-7-5-6-10-13(11)12-8-3-2-4-9-12;1-11-6-5-9-13(10-11)12-7-3-2-4-8-12;1-11-7-9-13(10-8-11)12-5-3-2-4-6-12;1-9-5-7-10(8-6-9)11(2,3)4;1-9-6-5-7-10(8-9)11(2,3)4/h11-12H,1-10H3;3*8-10H,1-7H3;3*2-10H,1H3;2*5-8H,1-4H3. The molecule has 0 nitrogen and oxygen atoms in total. The van der Waals surface area contributed by atoms with Gasteiger partial charge >= 0.3 is 0 Å². The molecule has 0 amide bonds. The summed E-state index contributed by atoms with van der Waals surface area (Å²) in [5.74, 6) is 0. The maximum atomic E-state index is 2.42. The molecule has 0 atom stereocenters. The third-order valence-corrected chi connectivity index (χ3v) is 22.9. The minimum Gasteiger partial charge on any atom is -0.0622 e. The van der Waals surface area contributed by atoms with Gasteiger partial charge in [-0.3, -0.25) is 0 Å². The normalized spacial score (nSPS) is 11.9. The molecule has 0 aromatic heterocycles. The molecule has 0 spiro atoms. The lowest BCUT2D eigenvalue weighted by molar-refractivity contribution is 0.542. The predicted octanol–water partition coefficient (Wildman–Crippen LogP) is 37.2. The highest BCUT2D eigenvalue weighted by Gasteiger charge is 2.29. The fourth-order valence-electron chi connectivity index (χ4n) is 15.0. The Bertz CT molecular complexity index is 5090. The molecule has 0 radical (unpaired) electrons. The second kappa shape index (κ2) is 45.4. The SMILES string of the molecule is Cc1c(C(C)(C)C)cc(C(C)(C)C)cc1C(C)(C)C.Cc1c(C(C)(C)C)cccc1C(C)(C)C.Cc1cc(C(C)(C)C)cc(C(C)(C)C)c1.Cc1ccc(-c2ccccc2)cc1.Cc1ccc(C(C)(C)C)cc1.Cc1ccc(C(C)(C)C)cc1C(C)(C)C.Cc1cccc(-c2ccccc2)c1.Cc1cccc(C(C)(C)C)c1.Cc1ccccc1-c1ccccc1. The third kappa shape index (κ3) is 36.9. The summed E-state index contributed by atoms with van der Waals surface area (Å²) in [6.07, 6.45) is 0. The highest BCUT2D eigenvalue weighted by atomic mass is 14.3. The minimum atomic E-state index is 0.200. The second-order valence-corrected chi connectivity index (χ2v) is 46.4. The van der Waals surface area contributed by atoms with Crippen LogP contribution in [0.15, 0.2) is 279 Å².